The monoisotopic (exact) mass is 368 g/mol. The van der Waals surface area contributed by atoms with Gasteiger partial charge in [0.15, 0.2) is 0 Å². The Kier molecular flexibility index (Phi) is 4.17. The van der Waals surface area contributed by atoms with E-state index in [0.717, 1.165) is 61.0 Å². The summed E-state index contributed by atoms with van der Waals surface area (Å²) >= 11 is 0. The summed E-state index contributed by atoms with van der Waals surface area (Å²) in [6.07, 6.45) is 9.79. The highest BCUT2D eigenvalue weighted by atomic mass is 16.2. The molecule has 1 N–H and O–H groups in total. The first-order chi connectivity index (χ1) is 13.0. The molecular weight excluding hydrogens is 336 g/mol. The van der Waals surface area contributed by atoms with Crippen molar-refractivity contribution in [2.75, 3.05) is 18.0 Å². The molecule has 6 rings (SSSR count). The molecule has 4 aliphatic carbocycles. The fraction of sp³-hybridized carbons (Fsp3) is 0.773. The number of carbonyl (C=O) groups excluding carboxylic acids is 1. The lowest BCUT2D eigenvalue weighted by Crippen LogP contribution is -2.61. The number of nitrogens with one attached hydrogen (secondary N) is 1. The van der Waals surface area contributed by atoms with E-state index in [1.807, 2.05) is 19.9 Å². The minimum absolute atomic E-state index is 0.139. The average Bonchev–Trinajstić information content (AvgIpc) is 2.59. The van der Waals surface area contributed by atoms with E-state index in [2.05, 4.69) is 20.2 Å². The van der Waals surface area contributed by atoms with Crippen LogP contribution in [0.2, 0.25) is 0 Å². The predicted molar refractivity (Wildman–Crippen MR) is 105 cm³/mol. The maximum Gasteiger partial charge on any atom is 0.225 e. The van der Waals surface area contributed by atoms with Crippen molar-refractivity contribution in [3.05, 3.63) is 17.5 Å². The van der Waals surface area contributed by atoms with Crippen LogP contribution in [0, 0.1) is 37.5 Å². The summed E-state index contributed by atoms with van der Waals surface area (Å²) in [4.78, 5) is 24.5. The average molecular weight is 369 g/mol. The van der Waals surface area contributed by atoms with Crippen LogP contribution in [-0.2, 0) is 4.79 Å². The van der Waals surface area contributed by atoms with Gasteiger partial charge in [0.2, 0.25) is 11.9 Å². The summed E-state index contributed by atoms with van der Waals surface area (Å²) in [5.74, 6) is 3.92. The highest BCUT2D eigenvalue weighted by Gasteiger charge is 2.51. The SMILES string of the molecule is Cc1cc(C)nc(N2CCC(C(=O)NC34CC5CC(CC(C5)C3)C4)CC2)n1. The molecule has 2 heterocycles. The molecule has 0 spiro atoms. The van der Waals surface area contributed by atoms with E-state index >= 15 is 0 Å². The van der Waals surface area contributed by atoms with Crippen molar-refractivity contribution in [3.8, 4) is 0 Å². The summed E-state index contributed by atoms with van der Waals surface area (Å²) in [5, 5.41) is 3.58. The molecule has 1 saturated heterocycles. The Hall–Kier alpha value is -1.65. The Balaban J connectivity index is 1.20. The molecule has 1 aliphatic heterocycles. The molecule has 1 aromatic heterocycles. The summed E-state index contributed by atoms with van der Waals surface area (Å²) in [7, 11) is 0. The Labute approximate surface area is 162 Å². The predicted octanol–water partition coefficient (Wildman–Crippen LogP) is 3.39. The zero-order valence-corrected chi connectivity index (χ0v) is 16.7. The van der Waals surface area contributed by atoms with E-state index < -0.39 is 0 Å². The van der Waals surface area contributed by atoms with Crippen molar-refractivity contribution < 1.29 is 4.79 Å². The number of hydrogen-bond acceptors (Lipinski definition) is 4. The first-order valence-electron chi connectivity index (χ1n) is 10.9. The molecule has 4 saturated carbocycles. The van der Waals surface area contributed by atoms with E-state index in [0.29, 0.717) is 5.91 Å². The lowest BCUT2D eigenvalue weighted by Gasteiger charge is -2.57. The summed E-state index contributed by atoms with van der Waals surface area (Å²) in [5.41, 5.74) is 2.16. The number of piperidine rings is 1. The second kappa shape index (κ2) is 6.46. The number of carbonyl (C=O) groups is 1. The van der Waals surface area contributed by atoms with Gasteiger partial charge in [-0.1, -0.05) is 0 Å². The minimum atomic E-state index is 0.139. The van der Waals surface area contributed by atoms with Crippen molar-refractivity contribution >= 4 is 11.9 Å². The van der Waals surface area contributed by atoms with Crippen molar-refractivity contribution in [1.82, 2.24) is 15.3 Å². The number of nitrogens with zero attached hydrogens (tertiary/aromatic N) is 3. The number of aromatic nitrogens is 2. The van der Waals surface area contributed by atoms with Gasteiger partial charge in [-0.15, -0.1) is 0 Å². The molecule has 0 atom stereocenters. The molecule has 1 amide bonds. The number of anilines is 1. The van der Waals surface area contributed by atoms with Gasteiger partial charge in [0.25, 0.3) is 0 Å². The molecule has 4 bridgehead atoms. The molecule has 5 heteroatoms. The third-order valence-corrected chi connectivity index (χ3v) is 7.55. The zero-order valence-electron chi connectivity index (χ0n) is 16.7. The minimum Gasteiger partial charge on any atom is -0.350 e. The van der Waals surface area contributed by atoms with E-state index in [-0.39, 0.29) is 11.5 Å². The summed E-state index contributed by atoms with van der Waals surface area (Å²) < 4.78 is 0. The second-order valence-corrected chi connectivity index (χ2v) is 9.90. The van der Waals surface area contributed by atoms with Crippen LogP contribution in [-0.4, -0.2) is 34.5 Å². The molecule has 1 aromatic rings. The van der Waals surface area contributed by atoms with Gasteiger partial charge in [-0.25, -0.2) is 9.97 Å². The summed E-state index contributed by atoms with van der Waals surface area (Å²) in [6, 6.07) is 2.01. The first kappa shape index (κ1) is 17.4. The fourth-order valence-corrected chi connectivity index (χ4v) is 6.82. The van der Waals surface area contributed by atoms with Gasteiger partial charge in [-0.3, -0.25) is 4.79 Å². The Morgan fingerprint density at radius 2 is 1.52 bits per heavy atom. The molecule has 0 unspecified atom stereocenters. The number of amides is 1. The molecule has 0 radical (unpaired) electrons. The highest BCUT2D eigenvalue weighted by molar-refractivity contribution is 5.80. The second-order valence-electron chi connectivity index (χ2n) is 9.90. The summed E-state index contributed by atoms with van der Waals surface area (Å²) in [6.45, 7) is 5.79. The lowest BCUT2D eigenvalue weighted by atomic mass is 9.53. The van der Waals surface area contributed by atoms with Crippen LogP contribution in [0.1, 0.15) is 62.8 Å². The van der Waals surface area contributed by atoms with Crippen LogP contribution in [0.5, 0.6) is 0 Å². The lowest BCUT2D eigenvalue weighted by molar-refractivity contribution is -0.131. The van der Waals surface area contributed by atoms with Gasteiger partial charge < -0.3 is 10.2 Å². The van der Waals surface area contributed by atoms with Crippen molar-refractivity contribution in [1.29, 1.82) is 0 Å². The molecular formula is C22H32N4O. The van der Waals surface area contributed by atoms with Crippen LogP contribution >= 0.6 is 0 Å². The van der Waals surface area contributed by atoms with Crippen LogP contribution in [0.15, 0.2) is 6.07 Å². The maximum absolute atomic E-state index is 13.1. The van der Waals surface area contributed by atoms with Gasteiger partial charge in [0, 0.05) is 35.9 Å². The van der Waals surface area contributed by atoms with Crippen LogP contribution in [0.25, 0.3) is 0 Å². The third-order valence-electron chi connectivity index (χ3n) is 7.55. The number of rotatable bonds is 3. The Bertz CT molecular complexity index is 682. The Morgan fingerprint density at radius 3 is 2.04 bits per heavy atom. The molecule has 5 fully saturated rings. The quantitative estimate of drug-likeness (QED) is 0.888. The van der Waals surface area contributed by atoms with Gasteiger partial charge in [0.1, 0.15) is 0 Å². The largest absolute Gasteiger partial charge is 0.350 e. The standard InChI is InChI=1S/C22H32N4O/c1-14-7-15(2)24-21(23-14)26-5-3-19(4-6-26)20(27)25-22-11-16-8-17(12-22)10-18(9-16)13-22/h7,16-19H,3-6,8-13H2,1-2H3,(H,25,27). The number of aryl methyl sites for hydroxylation is 2. The molecule has 27 heavy (non-hydrogen) atoms. The Morgan fingerprint density at radius 1 is 1.00 bits per heavy atom. The molecule has 0 aromatic carbocycles. The fourth-order valence-electron chi connectivity index (χ4n) is 6.82. The van der Waals surface area contributed by atoms with E-state index in [1.54, 1.807) is 0 Å². The maximum atomic E-state index is 13.1. The molecule has 5 nitrogen and oxygen atoms in total. The van der Waals surface area contributed by atoms with Crippen molar-refractivity contribution in [3.63, 3.8) is 0 Å². The third kappa shape index (κ3) is 3.34. The topological polar surface area (TPSA) is 58.1 Å². The molecule has 146 valence electrons. The van der Waals surface area contributed by atoms with Crippen LogP contribution in [0.4, 0.5) is 5.95 Å². The normalized spacial score (nSPS) is 35.5. The van der Waals surface area contributed by atoms with E-state index in [1.165, 1.54) is 38.5 Å². The van der Waals surface area contributed by atoms with E-state index in [4.69, 9.17) is 0 Å². The molecule has 5 aliphatic rings. The van der Waals surface area contributed by atoms with Gasteiger partial charge in [0.05, 0.1) is 0 Å². The smallest absolute Gasteiger partial charge is 0.225 e. The van der Waals surface area contributed by atoms with Crippen molar-refractivity contribution in [2.24, 2.45) is 23.7 Å². The highest BCUT2D eigenvalue weighted by Crippen LogP contribution is 2.55. The van der Waals surface area contributed by atoms with Crippen LogP contribution in [0.3, 0.4) is 0 Å². The van der Waals surface area contributed by atoms with Gasteiger partial charge in [-0.05, 0) is 89.0 Å². The van der Waals surface area contributed by atoms with Gasteiger partial charge in [-0.2, -0.15) is 0 Å². The number of hydrogen-bond donors (Lipinski definition) is 1. The first-order valence-corrected chi connectivity index (χ1v) is 10.9. The van der Waals surface area contributed by atoms with Crippen LogP contribution < -0.4 is 10.2 Å². The zero-order chi connectivity index (χ0) is 18.6. The van der Waals surface area contributed by atoms with Gasteiger partial charge >= 0.3 is 0 Å². The van der Waals surface area contributed by atoms with E-state index in [9.17, 15) is 4.79 Å². The van der Waals surface area contributed by atoms with Crippen molar-refractivity contribution in [2.45, 2.75) is 70.8 Å².